The van der Waals surface area contributed by atoms with E-state index in [0.29, 0.717) is 24.2 Å². The first-order valence-electron chi connectivity index (χ1n) is 6.98. The standard InChI is InChI=1S/C17H17FN2O/c1-11-9-12(5-6-15(11)18)17(21)20-8-7-14-13(10-20)3-2-4-16(14)19/h2-6,9H,7-8,10,19H2,1H3. The number of amides is 1. The van der Waals surface area contributed by atoms with Gasteiger partial charge in [0.15, 0.2) is 0 Å². The van der Waals surface area contributed by atoms with Crippen molar-refractivity contribution in [2.24, 2.45) is 0 Å². The van der Waals surface area contributed by atoms with Crippen LogP contribution < -0.4 is 5.73 Å². The Bertz CT molecular complexity index is 712. The lowest BCUT2D eigenvalue weighted by Gasteiger charge is -2.29. The fourth-order valence-corrected chi connectivity index (χ4v) is 2.77. The lowest BCUT2D eigenvalue weighted by atomic mass is 9.97. The molecule has 0 saturated heterocycles. The fraction of sp³-hybridized carbons (Fsp3) is 0.235. The number of carbonyl (C=O) groups excluding carboxylic acids is 1. The molecular formula is C17H17FN2O. The maximum atomic E-state index is 13.3. The van der Waals surface area contributed by atoms with E-state index in [2.05, 4.69) is 0 Å². The molecular weight excluding hydrogens is 267 g/mol. The van der Waals surface area contributed by atoms with Crippen LogP contribution in [0.15, 0.2) is 36.4 Å². The monoisotopic (exact) mass is 284 g/mol. The number of fused-ring (bicyclic) bond motifs is 1. The van der Waals surface area contributed by atoms with E-state index >= 15 is 0 Å². The van der Waals surface area contributed by atoms with Gasteiger partial charge in [-0.15, -0.1) is 0 Å². The van der Waals surface area contributed by atoms with Crippen LogP contribution >= 0.6 is 0 Å². The summed E-state index contributed by atoms with van der Waals surface area (Å²) in [5.74, 6) is -0.352. The number of halogens is 1. The SMILES string of the molecule is Cc1cc(C(=O)N2CCc3c(N)cccc3C2)ccc1F. The van der Waals surface area contributed by atoms with Gasteiger partial charge in [0, 0.05) is 24.3 Å². The molecule has 1 aliphatic rings. The van der Waals surface area contributed by atoms with Crippen molar-refractivity contribution in [3.63, 3.8) is 0 Å². The normalized spacial score (nSPS) is 13.9. The molecule has 0 saturated carbocycles. The molecule has 0 aliphatic carbocycles. The average molecular weight is 284 g/mol. The zero-order valence-electron chi connectivity index (χ0n) is 11.9. The first-order valence-corrected chi connectivity index (χ1v) is 6.98. The molecule has 1 heterocycles. The molecule has 0 spiro atoms. The lowest BCUT2D eigenvalue weighted by molar-refractivity contribution is 0.0734. The summed E-state index contributed by atoms with van der Waals surface area (Å²) in [7, 11) is 0. The van der Waals surface area contributed by atoms with Crippen molar-refractivity contribution >= 4 is 11.6 Å². The van der Waals surface area contributed by atoms with Crippen molar-refractivity contribution in [1.29, 1.82) is 0 Å². The second-order valence-corrected chi connectivity index (χ2v) is 5.43. The highest BCUT2D eigenvalue weighted by Crippen LogP contribution is 2.25. The number of carbonyl (C=O) groups is 1. The predicted octanol–water partition coefficient (Wildman–Crippen LogP) is 2.91. The van der Waals surface area contributed by atoms with E-state index in [1.54, 1.807) is 24.0 Å². The Morgan fingerprint density at radius 1 is 1.29 bits per heavy atom. The third kappa shape index (κ3) is 2.49. The summed E-state index contributed by atoms with van der Waals surface area (Å²) >= 11 is 0. The third-order valence-electron chi connectivity index (χ3n) is 3.99. The van der Waals surface area contributed by atoms with Gasteiger partial charge in [0.2, 0.25) is 0 Å². The van der Waals surface area contributed by atoms with Crippen LogP contribution in [-0.4, -0.2) is 17.4 Å². The molecule has 1 amide bonds. The fourth-order valence-electron chi connectivity index (χ4n) is 2.77. The van der Waals surface area contributed by atoms with E-state index in [-0.39, 0.29) is 11.7 Å². The molecule has 21 heavy (non-hydrogen) atoms. The van der Waals surface area contributed by atoms with Gasteiger partial charge in [-0.1, -0.05) is 12.1 Å². The Kier molecular flexibility index (Phi) is 3.37. The van der Waals surface area contributed by atoms with Crippen LogP contribution in [0, 0.1) is 12.7 Å². The molecule has 4 heteroatoms. The maximum absolute atomic E-state index is 13.3. The smallest absolute Gasteiger partial charge is 0.254 e. The average Bonchev–Trinajstić information content (AvgIpc) is 2.49. The van der Waals surface area contributed by atoms with Crippen LogP contribution in [-0.2, 0) is 13.0 Å². The number of hydrogen-bond acceptors (Lipinski definition) is 2. The molecule has 2 aromatic carbocycles. The molecule has 2 N–H and O–H groups in total. The molecule has 0 radical (unpaired) electrons. The quantitative estimate of drug-likeness (QED) is 0.818. The number of anilines is 1. The summed E-state index contributed by atoms with van der Waals surface area (Å²) in [4.78, 5) is 14.3. The van der Waals surface area contributed by atoms with Crippen molar-refractivity contribution in [3.05, 3.63) is 64.5 Å². The van der Waals surface area contributed by atoms with Gasteiger partial charge in [-0.25, -0.2) is 4.39 Å². The number of rotatable bonds is 1. The van der Waals surface area contributed by atoms with Crippen LogP contribution in [0.25, 0.3) is 0 Å². The van der Waals surface area contributed by atoms with Crippen LogP contribution in [0.4, 0.5) is 10.1 Å². The van der Waals surface area contributed by atoms with Crippen LogP contribution in [0.1, 0.15) is 27.0 Å². The van der Waals surface area contributed by atoms with Gasteiger partial charge in [0.25, 0.3) is 5.91 Å². The lowest BCUT2D eigenvalue weighted by Crippen LogP contribution is -2.36. The molecule has 0 aromatic heterocycles. The molecule has 0 atom stereocenters. The molecule has 0 unspecified atom stereocenters. The van der Waals surface area contributed by atoms with Crippen LogP contribution in [0.2, 0.25) is 0 Å². The number of benzene rings is 2. The van der Waals surface area contributed by atoms with Gasteiger partial charge in [0.05, 0.1) is 0 Å². The first kappa shape index (κ1) is 13.6. The van der Waals surface area contributed by atoms with Gasteiger partial charge >= 0.3 is 0 Å². The summed E-state index contributed by atoms with van der Waals surface area (Å²) in [6.45, 7) is 2.85. The number of nitrogens with two attached hydrogens (primary N) is 1. The maximum Gasteiger partial charge on any atom is 0.254 e. The van der Waals surface area contributed by atoms with Crippen LogP contribution in [0.5, 0.6) is 0 Å². The Labute approximate surface area is 123 Å². The number of hydrogen-bond donors (Lipinski definition) is 1. The zero-order valence-corrected chi connectivity index (χ0v) is 11.9. The van der Waals surface area contributed by atoms with E-state index in [1.807, 2.05) is 18.2 Å². The van der Waals surface area contributed by atoms with Crippen LogP contribution in [0.3, 0.4) is 0 Å². The van der Waals surface area contributed by atoms with Crippen molar-refractivity contribution in [1.82, 2.24) is 4.90 Å². The van der Waals surface area contributed by atoms with Crippen molar-refractivity contribution < 1.29 is 9.18 Å². The summed E-state index contributed by atoms with van der Waals surface area (Å²) in [6.07, 6.45) is 0.758. The Morgan fingerprint density at radius 3 is 2.86 bits per heavy atom. The van der Waals surface area contributed by atoms with Crippen molar-refractivity contribution in [2.75, 3.05) is 12.3 Å². The van der Waals surface area contributed by atoms with E-state index in [9.17, 15) is 9.18 Å². The summed E-state index contributed by atoms with van der Waals surface area (Å²) in [5, 5.41) is 0. The van der Waals surface area contributed by atoms with Crippen molar-refractivity contribution in [3.8, 4) is 0 Å². The summed E-state index contributed by atoms with van der Waals surface area (Å²) in [5.41, 5.74) is 10.00. The van der Waals surface area contributed by atoms with E-state index < -0.39 is 0 Å². The Hall–Kier alpha value is -2.36. The van der Waals surface area contributed by atoms with Crippen molar-refractivity contribution in [2.45, 2.75) is 19.9 Å². The minimum atomic E-state index is -0.289. The summed E-state index contributed by atoms with van der Waals surface area (Å²) in [6, 6.07) is 10.3. The molecule has 0 fully saturated rings. The van der Waals surface area contributed by atoms with E-state index in [1.165, 1.54) is 6.07 Å². The van der Waals surface area contributed by atoms with Gasteiger partial charge in [-0.3, -0.25) is 4.79 Å². The molecule has 3 nitrogen and oxygen atoms in total. The molecule has 108 valence electrons. The largest absolute Gasteiger partial charge is 0.398 e. The second kappa shape index (κ2) is 5.20. The highest BCUT2D eigenvalue weighted by Gasteiger charge is 2.23. The van der Waals surface area contributed by atoms with Gasteiger partial charge < -0.3 is 10.6 Å². The van der Waals surface area contributed by atoms with Gasteiger partial charge in [-0.2, -0.15) is 0 Å². The topological polar surface area (TPSA) is 46.3 Å². The Balaban J connectivity index is 1.85. The predicted molar refractivity (Wildman–Crippen MR) is 80.4 cm³/mol. The number of nitrogen functional groups attached to an aromatic ring is 1. The highest BCUT2D eigenvalue weighted by atomic mass is 19.1. The van der Waals surface area contributed by atoms with E-state index in [0.717, 1.165) is 23.2 Å². The van der Waals surface area contributed by atoms with E-state index in [4.69, 9.17) is 5.73 Å². The number of nitrogens with zero attached hydrogens (tertiary/aromatic N) is 1. The zero-order chi connectivity index (χ0) is 15.0. The minimum absolute atomic E-state index is 0.0637. The highest BCUT2D eigenvalue weighted by molar-refractivity contribution is 5.94. The minimum Gasteiger partial charge on any atom is -0.398 e. The van der Waals surface area contributed by atoms with Gasteiger partial charge in [-0.05, 0) is 54.3 Å². The molecule has 3 rings (SSSR count). The molecule has 2 aromatic rings. The molecule has 0 bridgehead atoms. The number of aryl methyl sites for hydroxylation is 1. The first-order chi connectivity index (χ1) is 10.1. The Morgan fingerprint density at radius 2 is 2.10 bits per heavy atom. The second-order valence-electron chi connectivity index (χ2n) is 5.43. The molecule has 1 aliphatic heterocycles. The summed E-state index contributed by atoms with van der Waals surface area (Å²) < 4.78 is 13.3. The third-order valence-corrected chi connectivity index (χ3v) is 3.99. The van der Waals surface area contributed by atoms with Gasteiger partial charge in [0.1, 0.15) is 5.82 Å².